The second-order valence-electron chi connectivity index (χ2n) is 2.81. The first-order valence-electron chi connectivity index (χ1n) is 4.28. The summed E-state index contributed by atoms with van der Waals surface area (Å²) in [6, 6.07) is 7.45. The molecular weight excluding hydrogens is 132 g/mol. The van der Waals surface area contributed by atoms with Gasteiger partial charge in [-0.25, -0.2) is 0 Å². The van der Waals surface area contributed by atoms with Gasteiger partial charge in [0.2, 0.25) is 0 Å². The molecule has 0 heterocycles. The Labute approximate surface area is 69.3 Å². The van der Waals surface area contributed by atoms with E-state index in [0.29, 0.717) is 0 Å². The highest BCUT2D eigenvalue weighted by Gasteiger charge is 1.99. The number of hydrogen-bond donors (Lipinski definition) is 0. The van der Waals surface area contributed by atoms with Crippen LogP contribution in [0.15, 0.2) is 12.1 Å². The lowest BCUT2D eigenvalue weighted by Crippen LogP contribution is -1.92. The molecule has 0 atom stereocenters. The van der Waals surface area contributed by atoms with Crippen molar-refractivity contribution in [1.29, 1.82) is 0 Å². The van der Waals surface area contributed by atoms with Gasteiger partial charge in [-0.05, 0) is 42.5 Å². The third-order valence-corrected chi connectivity index (χ3v) is 2.21. The molecule has 0 amide bonds. The molecule has 59 valence electrons. The highest BCUT2D eigenvalue weighted by atomic mass is 14.0. The van der Waals surface area contributed by atoms with Gasteiger partial charge < -0.3 is 0 Å². The molecule has 0 saturated heterocycles. The van der Waals surface area contributed by atoms with Gasteiger partial charge in [-0.3, -0.25) is 0 Å². The van der Waals surface area contributed by atoms with E-state index in [1.165, 1.54) is 16.7 Å². The average molecular weight is 147 g/mol. The molecule has 0 bridgehead atoms. The molecule has 0 fully saturated rings. The Kier molecular flexibility index (Phi) is 2.70. The largest absolute Gasteiger partial charge is 0.0613 e. The maximum atomic E-state index is 3.26. The summed E-state index contributed by atoms with van der Waals surface area (Å²) in [5.74, 6) is 0. The van der Waals surface area contributed by atoms with Crippen LogP contribution in [0.3, 0.4) is 0 Å². The summed E-state index contributed by atoms with van der Waals surface area (Å²) in [6.45, 7) is 6.56. The summed E-state index contributed by atoms with van der Waals surface area (Å²) >= 11 is 0. The van der Waals surface area contributed by atoms with Gasteiger partial charge in [-0.1, -0.05) is 26.0 Å². The van der Waals surface area contributed by atoms with E-state index < -0.39 is 0 Å². The van der Waals surface area contributed by atoms with Crippen LogP contribution in [0.4, 0.5) is 0 Å². The minimum Gasteiger partial charge on any atom is -0.0613 e. The van der Waals surface area contributed by atoms with E-state index in [2.05, 4.69) is 32.9 Å². The van der Waals surface area contributed by atoms with Crippen LogP contribution < -0.4 is 0 Å². The normalized spacial score (nSPS) is 10.1. The van der Waals surface area contributed by atoms with Gasteiger partial charge in [-0.2, -0.15) is 0 Å². The quantitative estimate of drug-likeness (QED) is 0.603. The van der Waals surface area contributed by atoms with Crippen molar-refractivity contribution < 1.29 is 0 Å². The maximum Gasteiger partial charge on any atom is -0.0146 e. The van der Waals surface area contributed by atoms with E-state index >= 15 is 0 Å². The lowest BCUT2D eigenvalue weighted by molar-refractivity contribution is 1.04. The van der Waals surface area contributed by atoms with Gasteiger partial charge in [0.15, 0.2) is 0 Å². The smallest absolute Gasteiger partial charge is 0.0146 e. The Morgan fingerprint density at radius 3 is 2.55 bits per heavy atom. The van der Waals surface area contributed by atoms with Crippen LogP contribution in [-0.4, -0.2) is 0 Å². The van der Waals surface area contributed by atoms with E-state index in [1.54, 1.807) is 0 Å². The van der Waals surface area contributed by atoms with Crippen molar-refractivity contribution in [1.82, 2.24) is 0 Å². The van der Waals surface area contributed by atoms with Crippen molar-refractivity contribution in [2.75, 3.05) is 0 Å². The molecule has 1 aromatic rings. The second kappa shape index (κ2) is 3.56. The third-order valence-electron chi connectivity index (χ3n) is 2.21. The highest BCUT2D eigenvalue weighted by molar-refractivity contribution is 5.33. The van der Waals surface area contributed by atoms with Crippen LogP contribution in [0.2, 0.25) is 0 Å². The maximum absolute atomic E-state index is 3.26. The van der Waals surface area contributed by atoms with Crippen molar-refractivity contribution in [2.45, 2.75) is 33.6 Å². The Balaban J connectivity index is 3.10. The lowest BCUT2D eigenvalue weighted by Gasteiger charge is -2.06. The van der Waals surface area contributed by atoms with Crippen LogP contribution in [0.5, 0.6) is 0 Å². The van der Waals surface area contributed by atoms with Crippen molar-refractivity contribution >= 4 is 0 Å². The van der Waals surface area contributed by atoms with E-state index in [-0.39, 0.29) is 0 Å². The molecule has 0 nitrogen and oxygen atoms in total. The Morgan fingerprint density at radius 2 is 2.00 bits per heavy atom. The highest BCUT2D eigenvalue weighted by Crippen LogP contribution is 2.13. The first-order chi connectivity index (χ1) is 5.29. The van der Waals surface area contributed by atoms with E-state index in [0.717, 1.165) is 12.8 Å². The molecule has 11 heavy (non-hydrogen) atoms. The molecule has 0 aliphatic carbocycles. The van der Waals surface area contributed by atoms with Crippen molar-refractivity contribution in [3.05, 3.63) is 34.9 Å². The topological polar surface area (TPSA) is 0 Å². The summed E-state index contributed by atoms with van der Waals surface area (Å²) in [6.07, 6.45) is 2.23. The fraction of sp³-hybridized carbons (Fsp3) is 0.455. The zero-order valence-electron chi connectivity index (χ0n) is 7.57. The molecule has 1 aromatic carbocycles. The zero-order valence-corrected chi connectivity index (χ0v) is 7.57. The first kappa shape index (κ1) is 8.32. The van der Waals surface area contributed by atoms with E-state index in [4.69, 9.17) is 0 Å². The van der Waals surface area contributed by atoms with E-state index in [1.807, 2.05) is 6.07 Å². The molecule has 0 aliphatic heterocycles. The lowest BCUT2D eigenvalue weighted by atomic mass is 9.99. The average Bonchev–Trinajstić information content (AvgIpc) is 2.05. The van der Waals surface area contributed by atoms with Gasteiger partial charge in [0, 0.05) is 0 Å². The number of rotatable bonds is 2. The summed E-state index contributed by atoms with van der Waals surface area (Å²) in [5.41, 5.74) is 4.25. The molecule has 0 saturated carbocycles. The summed E-state index contributed by atoms with van der Waals surface area (Å²) in [7, 11) is 0. The predicted octanol–water partition coefficient (Wildman–Crippen LogP) is 2.92. The van der Waals surface area contributed by atoms with Crippen LogP contribution >= 0.6 is 0 Å². The second-order valence-corrected chi connectivity index (χ2v) is 2.81. The summed E-state index contributed by atoms with van der Waals surface area (Å²) < 4.78 is 0. The fourth-order valence-electron chi connectivity index (χ4n) is 1.42. The molecule has 1 rings (SSSR count). The predicted molar refractivity (Wildman–Crippen MR) is 48.8 cm³/mol. The van der Waals surface area contributed by atoms with Gasteiger partial charge in [-0.15, -0.1) is 0 Å². The summed E-state index contributed by atoms with van der Waals surface area (Å²) in [5, 5.41) is 0. The molecule has 0 heteroatoms. The Bertz CT molecular complexity index is 214. The number of benzene rings is 1. The SMILES string of the molecule is CCc1[c]ccc(CC)c1C. The Morgan fingerprint density at radius 1 is 1.27 bits per heavy atom. The molecule has 0 unspecified atom stereocenters. The molecule has 0 spiro atoms. The van der Waals surface area contributed by atoms with Crippen molar-refractivity contribution in [3.63, 3.8) is 0 Å². The van der Waals surface area contributed by atoms with Gasteiger partial charge >= 0.3 is 0 Å². The minimum absolute atomic E-state index is 1.10. The monoisotopic (exact) mass is 147 g/mol. The fourth-order valence-corrected chi connectivity index (χ4v) is 1.42. The standard InChI is InChI=1S/C11H15/c1-4-10-7-6-8-11(5-2)9(10)3/h6-7H,4-5H2,1-3H3. The van der Waals surface area contributed by atoms with Crippen molar-refractivity contribution in [3.8, 4) is 0 Å². The van der Waals surface area contributed by atoms with Gasteiger partial charge in [0.25, 0.3) is 0 Å². The molecule has 0 aromatic heterocycles. The summed E-state index contributed by atoms with van der Waals surface area (Å²) in [4.78, 5) is 0. The van der Waals surface area contributed by atoms with Crippen LogP contribution in [0, 0.1) is 13.0 Å². The molecule has 0 N–H and O–H groups in total. The Hall–Kier alpha value is -0.780. The number of hydrogen-bond acceptors (Lipinski definition) is 0. The van der Waals surface area contributed by atoms with Crippen LogP contribution in [0.1, 0.15) is 30.5 Å². The van der Waals surface area contributed by atoms with Crippen LogP contribution in [-0.2, 0) is 12.8 Å². The molecular formula is C11H15. The first-order valence-corrected chi connectivity index (χ1v) is 4.28. The van der Waals surface area contributed by atoms with Crippen molar-refractivity contribution in [2.24, 2.45) is 0 Å². The third kappa shape index (κ3) is 1.62. The van der Waals surface area contributed by atoms with Gasteiger partial charge in [0.05, 0.1) is 0 Å². The minimum atomic E-state index is 1.10. The zero-order chi connectivity index (χ0) is 8.27. The van der Waals surface area contributed by atoms with E-state index in [9.17, 15) is 0 Å². The number of aryl methyl sites for hydroxylation is 2. The molecule has 1 radical (unpaired) electrons. The van der Waals surface area contributed by atoms with Gasteiger partial charge in [0.1, 0.15) is 0 Å². The molecule has 0 aliphatic rings. The van der Waals surface area contributed by atoms with Crippen LogP contribution in [0.25, 0.3) is 0 Å².